The summed E-state index contributed by atoms with van der Waals surface area (Å²) in [6.07, 6.45) is 5.85. The maximum Gasteiger partial charge on any atom is 0.410 e. The predicted octanol–water partition coefficient (Wildman–Crippen LogP) is 5.07. The first-order valence-corrected chi connectivity index (χ1v) is 17.6. The van der Waals surface area contributed by atoms with Gasteiger partial charge in [-0.3, -0.25) is 4.79 Å². The molecular formula is C33H42N8O5S. The quantitative estimate of drug-likeness (QED) is 0.244. The van der Waals surface area contributed by atoms with Crippen molar-refractivity contribution in [3.63, 3.8) is 0 Å². The molecule has 0 unspecified atom stereocenters. The van der Waals surface area contributed by atoms with Crippen molar-refractivity contribution in [3.8, 4) is 5.69 Å². The van der Waals surface area contributed by atoms with Crippen LogP contribution in [0.3, 0.4) is 0 Å². The molecule has 1 amide bonds. The zero-order chi connectivity index (χ0) is 33.9. The van der Waals surface area contributed by atoms with E-state index in [0.29, 0.717) is 47.9 Å². The van der Waals surface area contributed by atoms with Crippen LogP contribution in [0.4, 0.5) is 27.8 Å². The van der Waals surface area contributed by atoms with Gasteiger partial charge in [0, 0.05) is 59.9 Å². The van der Waals surface area contributed by atoms with Gasteiger partial charge in [0.15, 0.2) is 5.65 Å². The molecular weight excluding hydrogens is 620 g/mol. The van der Waals surface area contributed by atoms with E-state index in [2.05, 4.69) is 26.1 Å². The van der Waals surface area contributed by atoms with E-state index in [9.17, 15) is 13.8 Å². The van der Waals surface area contributed by atoms with E-state index in [1.807, 2.05) is 45.0 Å². The Bertz CT molecular complexity index is 1970. The molecule has 4 aromatic rings. The topological polar surface area (TPSA) is 136 Å². The maximum atomic E-state index is 13.4. The van der Waals surface area contributed by atoms with Crippen LogP contribution in [0, 0.1) is 0 Å². The summed E-state index contributed by atoms with van der Waals surface area (Å²) in [5, 5.41) is 3.62. The monoisotopic (exact) mass is 662 g/mol. The smallest absolute Gasteiger partial charge is 0.410 e. The molecule has 0 saturated carbocycles. The number of allylic oxidation sites excluding steroid dienone is 1. The first-order chi connectivity index (χ1) is 22.2. The van der Waals surface area contributed by atoms with Gasteiger partial charge in [-0.25, -0.2) is 23.4 Å². The number of carbonyl (C=O) groups is 1. The first-order valence-electron chi connectivity index (χ1n) is 15.3. The number of hydrogen-bond donors (Lipinski definition) is 1. The average Bonchev–Trinajstić information content (AvgIpc) is 3.26. The second-order valence-electron chi connectivity index (χ2n) is 12.6. The van der Waals surface area contributed by atoms with Gasteiger partial charge in [-0.15, -0.1) is 6.58 Å². The Morgan fingerprint density at radius 3 is 2.62 bits per heavy atom. The van der Waals surface area contributed by atoms with E-state index in [-0.39, 0.29) is 18.1 Å². The Balaban J connectivity index is 1.54. The predicted molar refractivity (Wildman–Crippen MR) is 186 cm³/mol. The van der Waals surface area contributed by atoms with Crippen molar-refractivity contribution in [1.29, 1.82) is 0 Å². The number of nitrogens with zero attached hydrogens (tertiary/aromatic N) is 7. The molecule has 47 heavy (non-hydrogen) atoms. The minimum absolute atomic E-state index is 0.231. The highest BCUT2D eigenvalue weighted by atomic mass is 32.2. The van der Waals surface area contributed by atoms with E-state index in [4.69, 9.17) is 14.5 Å². The molecule has 250 valence electrons. The van der Waals surface area contributed by atoms with Gasteiger partial charge in [-0.05, 0) is 62.7 Å². The maximum absolute atomic E-state index is 13.4. The van der Waals surface area contributed by atoms with Gasteiger partial charge >= 0.3 is 6.09 Å². The number of fused-ring (bicyclic) bond motifs is 1. The Hall–Kier alpha value is -4.69. The highest BCUT2D eigenvalue weighted by Crippen LogP contribution is 2.29. The molecule has 0 aliphatic carbocycles. The molecule has 1 aliphatic rings. The Labute approximate surface area is 275 Å². The molecule has 0 atom stereocenters. The number of anilines is 3. The van der Waals surface area contributed by atoms with Gasteiger partial charge in [0.05, 0.1) is 37.7 Å². The summed E-state index contributed by atoms with van der Waals surface area (Å²) in [6, 6.07) is 13.1. The van der Waals surface area contributed by atoms with Crippen molar-refractivity contribution in [2.24, 2.45) is 4.36 Å². The van der Waals surface area contributed by atoms with E-state index < -0.39 is 21.4 Å². The molecule has 0 bridgehead atoms. The van der Waals surface area contributed by atoms with E-state index >= 15 is 0 Å². The van der Waals surface area contributed by atoms with Gasteiger partial charge in [-0.1, -0.05) is 12.1 Å². The molecule has 1 saturated heterocycles. The van der Waals surface area contributed by atoms with E-state index in [1.54, 1.807) is 53.4 Å². The largest absolute Gasteiger partial charge is 0.444 e. The van der Waals surface area contributed by atoms with Crippen LogP contribution in [0.1, 0.15) is 26.3 Å². The minimum Gasteiger partial charge on any atom is -0.444 e. The third-order valence-electron chi connectivity index (χ3n) is 7.18. The molecule has 0 spiro atoms. The number of benzene rings is 2. The number of ether oxygens (including phenoxy) is 2. The molecule has 2 aromatic heterocycles. The Morgan fingerprint density at radius 1 is 1.19 bits per heavy atom. The van der Waals surface area contributed by atoms with E-state index in [1.165, 1.54) is 10.9 Å². The van der Waals surface area contributed by atoms with Gasteiger partial charge in [-0.2, -0.15) is 9.35 Å². The molecule has 0 radical (unpaired) electrons. The molecule has 5 rings (SSSR count). The lowest BCUT2D eigenvalue weighted by Gasteiger charge is -2.32. The van der Waals surface area contributed by atoms with Crippen LogP contribution in [0.2, 0.25) is 0 Å². The first kappa shape index (κ1) is 33.7. The zero-order valence-electron chi connectivity index (χ0n) is 27.7. The summed E-state index contributed by atoms with van der Waals surface area (Å²) >= 11 is 0. The van der Waals surface area contributed by atoms with Crippen LogP contribution >= 0.6 is 0 Å². The fourth-order valence-corrected chi connectivity index (χ4v) is 5.89. The molecule has 1 N–H and O–H groups in total. The third-order valence-corrected chi connectivity index (χ3v) is 7.83. The number of nitrogens with one attached hydrogen (secondary N) is 1. The fraction of sp³-hybridized carbons (Fsp3) is 0.394. The van der Waals surface area contributed by atoms with Gasteiger partial charge in [0.1, 0.15) is 11.0 Å². The molecule has 14 heteroatoms. The lowest BCUT2D eigenvalue weighted by molar-refractivity contribution is 0.0285. The van der Waals surface area contributed by atoms with Crippen LogP contribution in [-0.2, 0) is 32.3 Å². The standard InChI is InChI=1S/C33H42N8O5S/c1-8-14-40-30(42)27-21-34-31(36-29(27)41(40)26-11-9-10-25(20-26)37-47(6,7)44)35-24-12-13-28(39-15-17-45-18-16-39)23(19-24)22-38(5)32(43)46-33(2,3)4/h8-13,19-21H,1,14-18,22H2,2-7H3,(H,34,35,36). The number of morpholine rings is 1. The Morgan fingerprint density at radius 2 is 1.94 bits per heavy atom. The molecule has 13 nitrogen and oxygen atoms in total. The molecule has 3 heterocycles. The lowest BCUT2D eigenvalue weighted by atomic mass is 10.1. The third kappa shape index (κ3) is 8.19. The van der Waals surface area contributed by atoms with Gasteiger partial charge in [0.2, 0.25) is 5.95 Å². The van der Waals surface area contributed by atoms with Crippen molar-refractivity contribution in [1.82, 2.24) is 24.2 Å². The van der Waals surface area contributed by atoms with Crippen molar-refractivity contribution < 1.29 is 18.5 Å². The lowest BCUT2D eigenvalue weighted by Crippen LogP contribution is -2.38. The summed E-state index contributed by atoms with van der Waals surface area (Å²) in [5.74, 6) is 0.276. The zero-order valence-corrected chi connectivity index (χ0v) is 28.5. The van der Waals surface area contributed by atoms with Gasteiger partial charge in [0.25, 0.3) is 5.56 Å². The molecule has 2 aromatic carbocycles. The summed E-state index contributed by atoms with van der Waals surface area (Å²) in [6.45, 7) is 12.6. The van der Waals surface area contributed by atoms with Crippen molar-refractivity contribution in [2.45, 2.75) is 39.5 Å². The van der Waals surface area contributed by atoms with Crippen molar-refractivity contribution >= 4 is 49.9 Å². The van der Waals surface area contributed by atoms with Gasteiger partial charge < -0.3 is 24.6 Å². The highest BCUT2D eigenvalue weighted by Gasteiger charge is 2.23. The number of rotatable bonds is 9. The number of aromatic nitrogens is 4. The molecule has 1 fully saturated rings. The summed E-state index contributed by atoms with van der Waals surface area (Å²) in [4.78, 5) is 39.3. The van der Waals surface area contributed by atoms with E-state index in [0.717, 1.165) is 24.3 Å². The number of carbonyl (C=O) groups excluding carboxylic acids is 1. The van der Waals surface area contributed by atoms with Crippen LogP contribution in [0.25, 0.3) is 16.7 Å². The second kappa shape index (κ2) is 13.6. The number of hydrogen-bond acceptors (Lipinski definition) is 10. The van der Waals surface area contributed by atoms with Crippen LogP contribution < -0.4 is 15.8 Å². The van der Waals surface area contributed by atoms with Crippen molar-refractivity contribution in [3.05, 3.63) is 77.2 Å². The second-order valence-corrected chi connectivity index (χ2v) is 15.2. The Kier molecular flexibility index (Phi) is 9.73. The SMILES string of the molecule is C=CCn1c(=O)c2cnc(Nc3ccc(N4CCOCC4)c(CN(C)C(=O)OC(C)(C)C)c3)nc2n1-c1cccc(N=S(C)(C)=O)c1. The highest BCUT2D eigenvalue weighted by molar-refractivity contribution is 7.92. The molecule has 1 aliphatic heterocycles. The van der Waals surface area contributed by atoms with Crippen LogP contribution in [0.15, 0.2) is 70.5 Å². The fourth-order valence-electron chi connectivity index (χ4n) is 5.27. The summed E-state index contributed by atoms with van der Waals surface area (Å²) in [7, 11) is -0.691. The summed E-state index contributed by atoms with van der Waals surface area (Å²) in [5.41, 5.74) is 3.24. The summed E-state index contributed by atoms with van der Waals surface area (Å²) < 4.78 is 31.1. The van der Waals surface area contributed by atoms with Crippen LogP contribution in [0.5, 0.6) is 0 Å². The average molecular weight is 663 g/mol. The normalized spacial score (nSPS) is 13.8. The minimum atomic E-state index is -2.40. The van der Waals surface area contributed by atoms with Crippen LogP contribution in [-0.4, -0.2) is 86.0 Å². The number of amides is 1. The van der Waals surface area contributed by atoms with Crippen molar-refractivity contribution in [2.75, 3.05) is 56.1 Å².